The van der Waals surface area contributed by atoms with Crippen molar-refractivity contribution in [1.29, 1.82) is 0 Å². The number of rotatable bonds is 2. The highest BCUT2D eigenvalue weighted by Crippen LogP contribution is 2.38. The zero-order chi connectivity index (χ0) is 14.0. The highest BCUT2D eigenvalue weighted by atomic mass is 16.5. The van der Waals surface area contributed by atoms with E-state index in [-0.39, 0.29) is 0 Å². The van der Waals surface area contributed by atoms with E-state index < -0.39 is 0 Å². The summed E-state index contributed by atoms with van der Waals surface area (Å²) in [5.41, 5.74) is 2.66. The molecule has 0 aromatic carbocycles. The highest BCUT2D eigenvalue weighted by molar-refractivity contribution is 5.80. The van der Waals surface area contributed by atoms with Crippen LogP contribution in [0.1, 0.15) is 24.1 Å². The zero-order valence-corrected chi connectivity index (χ0v) is 12.3. The second-order valence-electron chi connectivity index (χ2n) is 5.90. The van der Waals surface area contributed by atoms with Crippen LogP contribution in [0.4, 0.5) is 0 Å². The van der Waals surface area contributed by atoms with Gasteiger partial charge in [0.15, 0.2) is 5.96 Å². The van der Waals surface area contributed by atoms with Gasteiger partial charge in [-0.15, -0.1) is 0 Å². The third kappa shape index (κ3) is 2.52. The van der Waals surface area contributed by atoms with Crippen molar-refractivity contribution < 1.29 is 4.74 Å². The number of likely N-dealkylation sites (tertiary alicyclic amines) is 1. The number of hydrogen-bond acceptors (Lipinski definition) is 3. The standard InChI is InChI=1S/C14H23N5O/c1-11-12(8-17-18-11)7-16-13(15-2)19-5-3-14(9-19)4-6-20-10-14/h8H,3-7,9-10H2,1-2H3,(H,15,16)(H,17,18). The van der Waals surface area contributed by atoms with Crippen LogP contribution in [0.15, 0.2) is 11.2 Å². The van der Waals surface area contributed by atoms with Crippen molar-refractivity contribution in [2.45, 2.75) is 26.3 Å². The van der Waals surface area contributed by atoms with Crippen molar-refractivity contribution in [1.82, 2.24) is 20.4 Å². The summed E-state index contributed by atoms with van der Waals surface area (Å²) in [6.07, 6.45) is 4.26. The van der Waals surface area contributed by atoms with E-state index >= 15 is 0 Å². The van der Waals surface area contributed by atoms with Crippen molar-refractivity contribution in [3.05, 3.63) is 17.5 Å². The van der Waals surface area contributed by atoms with E-state index in [1.807, 2.05) is 20.2 Å². The molecule has 0 saturated carbocycles. The molecule has 2 fully saturated rings. The molecule has 0 bridgehead atoms. The molecule has 2 saturated heterocycles. The predicted molar refractivity (Wildman–Crippen MR) is 77.6 cm³/mol. The molecule has 1 unspecified atom stereocenters. The number of aromatic nitrogens is 2. The monoisotopic (exact) mass is 277 g/mol. The van der Waals surface area contributed by atoms with Crippen LogP contribution < -0.4 is 5.32 Å². The second kappa shape index (κ2) is 5.44. The quantitative estimate of drug-likeness (QED) is 0.623. The largest absolute Gasteiger partial charge is 0.381 e. The first kappa shape index (κ1) is 13.4. The Kier molecular flexibility index (Phi) is 3.65. The summed E-state index contributed by atoms with van der Waals surface area (Å²) in [7, 11) is 1.85. The van der Waals surface area contributed by atoms with E-state index in [4.69, 9.17) is 4.74 Å². The highest BCUT2D eigenvalue weighted by Gasteiger charge is 2.42. The first-order valence-electron chi connectivity index (χ1n) is 7.25. The van der Waals surface area contributed by atoms with Gasteiger partial charge >= 0.3 is 0 Å². The van der Waals surface area contributed by atoms with Gasteiger partial charge in [-0.3, -0.25) is 10.1 Å². The number of nitrogens with one attached hydrogen (secondary N) is 2. The van der Waals surface area contributed by atoms with E-state index in [0.29, 0.717) is 5.41 Å². The lowest BCUT2D eigenvalue weighted by Crippen LogP contribution is -2.41. The van der Waals surface area contributed by atoms with Gasteiger partial charge in [0.1, 0.15) is 0 Å². The molecule has 0 amide bonds. The van der Waals surface area contributed by atoms with Crippen LogP contribution in [-0.2, 0) is 11.3 Å². The Morgan fingerprint density at radius 3 is 3.15 bits per heavy atom. The first-order chi connectivity index (χ1) is 9.72. The van der Waals surface area contributed by atoms with Gasteiger partial charge in [-0.25, -0.2) is 0 Å². The predicted octanol–water partition coefficient (Wildman–Crippen LogP) is 0.906. The fraction of sp³-hybridized carbons (Fsp3) is 0.714. The van der Waals surface area contributed by atoms with E-state index in [9.17, 15) is 0 Å². The average molecular weight is 277 g/mol. The number of nitrogens with zero attached hydrogens (tertiary/aromatic N) is 3. The molecular weight excluding hydrogens is 254 g/mol. The lowest BCUT2D eigenvalue weighted by molar-refractivity contribution is 0.156. The maximum Gasteiger partial charge on any atom is 0.193 e. The van der Waals surface area contributed by atoms with Gasteiger partial charge in [-0.2, -0.15) is 5.10 Å². The van der Waals surface area contributed by atoms with Gasteiger partial charge in [0.25, 0.3) is 0 Å². The summed E-state index contributed by atoms with van der Waals surface area (Å²) in [5.74, 6) is 0.981. The Balaban J connectivity index is 1.59. The Morgan fingerprint density at radius 1 is 1.60 bits per heavy atom. The van der Waals surface area contributed by atoms with Gasteiger partial charge in [0.2, 0.25) is 0 Å². The second-order valence-corrected chi connectivity index (χ2v) is 5.90. The number of ether oxygens (including phenoxy) is 1. The molecule has 1 atom stereocenters. The van der Waals surface area contributed by atoms with Gasteiger partial charge in [0, 0.05) is 50.0 Å². The van der Waals surface area contributed by atoms with Crippen LogP contribution in [0, 0.1) is 12.3 Å². The molecule has 1 aromatic heterocycles. The first-order valence-corrected chi connectivity index (χ1v) is 7.25. The molecule has 2 N–H and O–H groups in total. The summed E-state index contributed by atoms with van der Waals surface area (Å²) in [5, 5.41) is 10.4. The Morgan fingerprint density at radius 2 is 2.50 bits per heavy atom. The molecule has 20 heavy (non-hydrogen) atoms. The fourth-order valence-electron chi connectivity index (χ4n) is 3.15. The van der Waals surface area contributed by atoms with Crippen LogP contribution in [0.5, 0.6) is 0 Å². The SMILES string of the molecule is CN=C(NCc1cn[nH]c1C)N1CCC2(CCOC2)C1. The molecule has 2 aliphatic heterocycles. The Labute approximate surface area is 119 Å². The summed E-state index contributed by atoms with van der Waals surface area (Å²) in [6.45, 7) is 6.72. The third-order valence-electron chi connectivity index (χ3n) is 4.51. The van der Waals surface area contributed by atoms with Gasteiger partial charge in [0.05, 0.1) is 12.8 Å². The molecule has 2 aliphatic rings. The molecule has 110 valence electrons. The number of H-pyrrole nitrogens is 1. The summed E-state index contributed by atoms with van der Waals surface area (Å²) in [4.78, 5) is 6.77. The summed E-state index contributed by atoms with van der Waals surface area (Å²) in [6, 6.07) is 0. The molecule has 6 nitrogen and oxygen atoms in total. The van der Waals surface area contributed by atoms with Crippen molar-refractivity contribution in [2.24, 2.45) is 10.4 Å². The zero-order valence-electron chi connectivity index (χ0n) is 12.3. The van der Waals surface area contributed by atoms with Crippen LogP contribution >= 0.6 is 0 Å². The topological polar surface area (TPSA) is 65.5 Å². The summed E-state index contributed by atoms with van der Waals surface area (Å²) < 4.78 is 5.58. The average Bonchev–Trinajstić information content (AvgIpc) is 3.16. The van der Waals surface area contributed by atoms with Crippen LogP contribution in [0.2, 0.25) is 0 Å². The molecule has 1 spiro atoms. The normalized spacial score (nSPS) is 26.7. The number of hydrogen-bond donors (Lipinski definition) is 2. The van der Waals surface area contributed by atoms with Gasteiger partial charge in [-0.05, 0) is 19.8 Å². The maximum atomic E-state index is 5.58. The van der Waals surface area contributed by atoms with Crippen molar-refractivity contribution >= 4 is 5.96 Å². The number of aromatic amines is 1. The Hall–Kier alpha value is -1.56. The molecule has 0 radical (unpaired) electrons. The summed E-state index contributed by atoms with van der Waals surface area (Å²) >= 11 is 0. The maximum absolute atomic E-state index is 5.58. The van der Waals surface area contributed by atoms with E-state index in [0.717, 1.165) is 44.5 Å². The van der Waals surface area contributed by atoms with Crippen molar-refractivity contribution in [3.8, 4) is 0 Å². The van der Waals surface area contributed by atoms with E-state index in [1.165, 1.54) is 18.4 Å². The van der Waals surface area contributed by atoms with Crippen LogP contribution in [0.3, 0.4) is 0 Å². The minimum atomic E-state index is 0.364. The van der Waals surface area contributed by atoms with Crippen molar-refractivity contribution in [2.75, 3.05) is 33.4 Å². The lowest BCUT2D eigenvalue weighted by Gasteiger charge is -2.24. The molecule has 3 rings (SSSR count). The fourth-order valence-corrected chi connectivity index (χ4v) is 3.15. The minimum Gasteiger partial charge on any atom is -0.381 e. The number of aliphatic imine (C=N–C) groups is 1. The lowest BCUT2D eigenvalue weighted by atomic mass is 9.87. The third-order valence-corrected chi connectivity index (χ3v) is 4.51. The Bertz CT molecular complexity index is 490. The van der Waals surface area contributed by atoms with Crippen LogP contribution in [0.25, 0.3) is 0 Å². The minimum absolute atomic E-state index is 0.364. The molecule has 0 aliphatic carbocycles. The number of guanidine groups is 1. The van der Waals surface area contributed by atoms with E-state index in [2.05, 4.69) is 25.4 Å². The smallest absolute Gasteiger partial charge is 0.193 e. The molecular formula is C14H23N5O. The molecule has 6 heteroatoms. The molecule has 1 aromatic rings. The van der Waals surface area contributed by atoms with Gasteiger partial charge in [-0.1, -0.05) is 0 Å². The van der Waals surface area contributed by atoms with E-state index in [1.54, 1.807) is 0 Å². The van der Waals surface area contributed by atoms with Crippen LogP contribution in [-0.4, -0.2) is 54.4 Å². The van der Waals surface area contributed by atoms with Crippen molar-refractivity contribution in [3.63, 3.8) is 0 Å². The number of aryl methyl sites for hydroxylation is 1. The molecule has 3 heterocycles. The van der Waals surface area contributed by atoms with Gasteiger partial charge < -0.3 is 15.0 Å².